The van der Waals surface area contributed by atoms with Crippen molar-refractivity contribution in [1.29, 1.82) is 0 Å². The van der Waals surface area contributed by atoms with E-state index in [1.807, 2.05) is 32.2 Å². The minimum atomic E-state index is 0.826. The van der Waals surface area contributed by atoms with Gasteiger partial charge in [-0.1, -0.05) is 26.5 Å². The zero-order valence-electron chi connectivity index (χ0n) is 10.9. The summed E-state index contributed by atoms with van der Waals surface area (Å²) in [5, 5.41) is 6.70. The largest absolute Gasteiger partial charge is 0.387 e. The fraction of sp³-hybridized carbons (Fsp3) is 0.357. The first-order valence-electron chi connectivity index (χ1n) is 6.14. The number of hydrogen-bond acceptors (Lipinski definition) is 3. The van der Waals surface area contributed by atoms with Gasteiger partial charge in [-0.25, -0.2) is 0 Å². The monoisotopic (exact) mass is 231 g/mol. The molecule has 0 radical (unpaired) electrons. The summed E-state index contributed by atoms with van der Waals surface area (Å²) in [6.07, 6.45) is 5.56. The van der Waals surface area contributed by atoms with Crippen LogP contribution in [0.3, 0.4) is 0 Å². The van der Waals surface area contributed by atoms with E-state index in [0.717, 1.165) is 29.9 Å². The minimum absolute atomic E-state index is 0.826. The number of rotatable bonds is 3. The lowest BCUT2D eigenvalue weighted by Crippen LogP contribution is -2.24. The molecule has 0 aliphatic carbocycles. The highest BCUT2D eigenvalue weighted by Gasteiger charge is 2.15. The Hall–Kier alpha value is -1.77. The van der Waals surface area contributed by atoms with Crippen LogP contribution in [-0.4, -0.2) is 18.1 Å². The van der Waals surface area contributed by atoms with Crippen molar-refractivity contribution in [2.45, 2.75) is 20.8 Å². The molecule has 2 rings (SSSR count). The molecule has 1 aromatic heterocycles. The number of allylic oxidation sites excluding steroid dienone is 2. The maximum absolute atomic E-state index is 4.14. The van der Waals surface area contributed by atoms with Crippen LogP contribution in [0.1, 0.15) is 26.3 Å². The van der Waals surface area contributed by atoms with Crippen LogP contribution in [0.2, 0.25) is 0 Å². The Morgan fingerprint density at radius 1 is 1.53 bits per heavy atom. The van der Waals surface area contributed by atoms with Crippen molar-refractivity contribution < 1.29 is 0 Å². The molecule has 3 heteroatoms. The highest BCUT2D eigenvalue weighted by Crippen LogP contribution is 2.29. The van der Waals surface area contributed by atoms with Crippen LogP contribution in [0.4, 0.5) is 5.69 Å². The van der Waals surface area contributed by atoms with Crippen LogP contribution >= 0.6 is 0 Å². The summed E-state index contributed by atoms with van der Waals surface area (Å²) in [6, 6.07) is 1.99. The zero-order chi connectivity index (χ0) is 12.7. The molecule has 0 unspecified atom stereocenters. The summed E-state index contributed by atoms with van der Waals surface area (Å²) in [4.78, 5) is 4.14. The van der Waals surface area contributed by atoms with E-state index < -0.39 is 0 Å². The number of likely N-dealkylation sites (N-methyl/N-ethyl adjacent to an activating group) is 1. The summed E-state index contributed by atoms with van der Waals surface area (Å²) < 4.78 is 0. The van der Waals surface area contributed by atoms with E-state index >= 15 is 0 Å². The average molecular weight is 231 g/mol. The van der Waals surface area contributed by atoms with Crippen LogP contribution in [0.25, 0.3) is 5.57 Å². The molecule has 3 nitrogen and oxygen atoms in total. The Labute approximate surface area is 104 Å². The summed E-state index contributed by atoms with van der Waals surface area (Å²) in [6.45, 7) is 11.7. The van der Waals surface area contributed by atoms with Gasteiger partial charge in [0.05, 0.1) is 6.54 Å². The number of fused-ring (bicyclic) bond motifs is 1. The van der Waals surface area contributed by atoms with Gasteiger partial charge in [-0.05, 0) is 13.0 Å². The normalized spacial score (nSPS) is 12.9. The predicted molar refractivity (Wildman–Crippen MR) is 74.9 cm³/mol. The smallest absolute Gasteiger partial charge is 0.0554 e. The summed E-state index contributed by atoms with van der Waals surface area (Å²) in [5.74, 6) is 0. The highest BCUT2D eigenvalue weighted by molar-refractivity contribution is 5.85. The molecule has 1 aliphatic heterocycles. The number of hydrogen-bond donors (Lipinski definition) is 2. The van der Waals surface area contributed by atoms with E-state index in [4.69, 9.17) is 0 Å². The summed E-state index contributed by atoms with van der Waals surface area (Å²) >= 11 is 0. The fourth-order valence-electron chi connectivity index (χ4n) is 1.81. The quantitative estimate of drug-likeness (QED) is 0.839. The van der Waals surface area contributed by atoms with Gasteiger partial charge in [0.1, 0.15) is 0 Å². The Balaban J connectivity index is 0.000000686. The van der Waals surface area contributed by atoms with Gasteiger partial charge in [0.15, 0.2) is 0 Å². The van der Waals surface area contributed by atoms with Gasteiger partial charge in [-0.3, -0.25) is 4.98 Å². The van der Waals surface area contributed by atoms with Crippen LogP contribution in [0.15, 0.2) is 36.8 Å². The van der Waals surface area contributed by atoms with Crippen LogP contribution in [0.5, 0.6) is 0 Å². The number of nitrogens with one attached hydrogen (secondary N) is 2. The van der Waals surface area contributed by atoms with Crippen molar-refractivity contribution >= 4 is 11.3 Å². The second kappa shape index (κ2) is 6.74. The van der Waals surface area contributed by atoms with Gasteiger partial charge in [-0.15, -0.1) is 0 Å². The van der Waals surface area contributed by atoms with Crippen LogP contribution in [-0.2, 0) is 0 Å². The molecule has 0 aromatic carbocycles. The van der Waals surface area contributed by atoms with Gasteiger partial charge < -0.3 is 10.6 Å². The topological polar surface area (TPSA) is 37.0 Å². The maximum Gasteiger partial charge on any atom is 0.0554 e. The highest BCUT2D eigenvalue weighted by atomic mass is 15.0. The lowest BCUT2D eigenvalue weighted by molar-refractivity contribution is 0.834. The fourth-order valence-corrected chi connectivity index (χ4v) is 1.81. The molecule has 1 aromatic rings. The van der Waals surface area contributed by atoms with Gasteiger partial charge in [0.25, 0.3) is 0 Å². The molecule has 0 saturated heterocycles. The Kier molecular flexibility index (Phi) is 5.27. The van der Waals surface area contributed by atoms with Crippen molar-refractivity contribution in [2.75, 3.05) is 18.4 Å². The van der Waals surface area contributed by atoms with Gasteiger partial charge >= 0.3 is 0 Å². The molecule has 0 fully saturated rings. The van der Waals surface area contributed by atoms with E-state index in [1.165, 1.54) is 5.70 Å². The molecular formula is C14H21N3. The van der Waals surface area contributed by atoms with Crippen LogP contribution < -0.4 is 10.6 Å². The van der Waals surface area contributed by atoms with E-state index in [9.17, 15) is 0 Å². The number of pyridine rings is 1. The van der Waals surface area contributed by atoms with Crippen LogP contribution in [0, 0.1) is 0 Å². The molecule has 17 heavy (non-hydrogen) atoms. The van der Waals surface area contributed by atoms with Gasteiger partial charge in [0, 0.05) is 41.5 Å². The van der Waals surface area contributed by atoms with Crippen molar-refractivity contribution in [3.63, 3.8) is 0 Å². The Bertz CT molecular complexity index is 408. The number of anilines is 1. The molecule has 92 valence electrons. The van der Waals surface area contributed by atoms with E-state index in [1.54, 1.807) is 6.20 Å². The molecule has 0 spiro atoms. The van der Waals surface area contributed by atoms with E-state index in [-0.39, 0.29) is 0 Å². The Morgan fingerprint density at radius 2 is 2.29 bits per heavy atom. The third-order valence-electron chi connectivity index (χ3n) is 2.49. The molecule has 0 bridgehead atoms. The molecule has 0 saturated carbocycles. The average Bonchev–Trinajstić information content (AvgIpc) is 2.41. The second-order valence-electron chi connectivity index (χ2n) is 3.40. The van der Waals surface area contributed by atoms with Crippen molar-refractivity contribution in [2.24, 2.45) is 0 Å². The van der Waals surface area contributed by atoms with E-state index in [0.29, 0.717) is 0 Å². The van der Waals surface area contributed by atoms with Crippen molar-refractivity contribution in [3.05, 3.63) is 42.4 Å². The molecule has 1 aliphatic rings. The van der Waals surface area contributed by atoms with Crippen molar-refractivity contribution in [1.82, 2.24) is 10.3 Å². The van der Waals surface area contributed by atoms with Gasteiger partial charge in [0.2, 0.25) is 0 Å². The molecular weight excluding hydrogens is 210 g/mol. The Morgan fingerprint density at radius 3 is 2.94 bits per heavy atom. The number of nitrogens with zero attached hydrogens (tertiary/aromatic N) is 1. The standard InChI is InChI=1S/C12H15N3.C2H6/c1-3-9-10-7-13-6-5-11(10)15-8-12(9)14-4-2;1-2/h3,5-7,14-15H,1,4,8H2,2H3;1-2H3. The molecule has 0 atom stereocenters. The molecule has 2 heterocycles. The first kappa shape index (κ1) is 13.3. The lowest BCUT2D eigenvalue weighted by Gasteiger charge is -2.23. The lowest BCUT2D eigenvalue weighted by atomic mass is 10.0. The number of aromatic nitrogens is 1. The summed E-state index contributed by atoms with van der Waals surface area (Å²) in [5.41, 5.74) is 4.59. The third-order valence-corrected chi connectivity index (χ3v) is 2.49. The summed E-state index contributed by atoms with van der Waals surface area (Å²) in [7, 11) is 0. The first-order chi connectivity index (χ1) is 8.36. The minimum Gasteiger partial charge on any atom is -0.387 e. The predicted octanol–water partition coefficient (Wildman–Crippen LogP) is 3.04. The zero-order valence-corrected chi connectivity index (χ0v) is 10.9. The van der Waals surface area contributed by atoms with Crippen molar-refractivity contribution in [3.8, 4) is 0 Å². The van der Waals surface area contributed by atoms with Gasteiger partial charge in [-0.2, -0.15) is 0 Å². The molecule has 2 N–H and O–H groups in total. The third kappa shape index (κ3) is 2.87. The first-order valence-corrected chi connectivity index (χ1v) is 6.14. The SMILES string of the molecule is C=CC1=C(NCC)CNc2ccncc21.CC. The molecule has 0 amide bonds. The second-order valence-corrected chi connectivity index (χ2v) is 3.40. The maximum atomic E-state index is 4.14. The van der Waals surface area contributed by atoms with E-state index in [2.05, 4.69) is 29.1 Å².